The van der Waals surface area contributed by atoms with E-state index in [4.69, 9.17) is 5.21 Å². The van der Waals surface area contributed by atoms with Crippen LogP contribution in [0.4, 0.5) is 0 Å². The molecule has 0 spiro atoms. The van der Waals surface area contributed by atoms with Crippen molar-refractivity contribution in [2.24, 2.45) is 11.1 Å². The summed E-state index contributed by atoms with van der Waals surface area (Å²) in [5.74, 6) is 0.275. The van der Waals surface area contributed by atoms with Gasteiger partial charge in [0.15, 0.2) is 5.71 Å². The monoisotopic (exact) mass is 227 g/mol. The van der Waals surface area contributed by atoms with Crippen LogP contribution in [-0.4, -0.2) is 24.0 Å². The molecule has 0 heterocycles. The minimum absolute atomic E-state index is 0.137. The molecule has 4 heteroatoms. The SMILES string of the molecule is COC(=O)/C(CCCC1CCCCC1)=N\O. The second kappa shape index (κ2) is 7.25. The van der Waals surface area contributed by atoms with Crippen LogP contribution in [0.1, 0.15) is 51.4 Å². The predicted octanol–water partition coefficient (Wildman–Crippen LogP) is 2.74. The molecule has 1 aliphatic carbocycles. The van der Waals surface area contributed by atoms with E-state index in [0.717, 1.165) is 18.8 Å². The standard InChI is InChI=1S/C12H21NO3/c1-16-12(14)11(13-15)9-5-8-10-6-3-2-4-7-10/h10,15H,2-9H2,1H3/b13-11-. The number of ether oxygens (including phenoxy) is 1. The van der Waals surface area contributed by atoms with E-state index < -0.39 is 5.97 Å². The molecule has 0 saturated heterocycles. The lowest BCUT2D eigenvalue weighted by molar-refractivity contribution is -0.133. The average molecular weight is 227 g/mol. The maximum Gasteiger partial charge on any atom is 0.355 e. The summed E-state index contributed by atoms with van der Waals surface area (Å²) < 4.78 is 4.52. The van der Waals surface area contributed by atoms with Gasteiger partial charge in [0, 0.05) is 6.42 Å². The number of carbonyl (C=O) groups excluding carboxylic acids is 1. The van der Waals surface area contributed by atoms with Gasteiger partial charge < -0.3 is 9.94 Å². The van der Waals surface area contributed by atoms with E-state index in [9.17, 15) is 4.79 Å². The third kappa shape index (κ3) is 4.21. The van der Waals surface area contributed by atoms with Crippen LogP contribution in [0.25, 0.3) is 0 Å². The number of nitrogens with zero attached hydrogens (tertiary/aromatic N) is 1. The topological polar surface area (TPSA) is 58.9 Å². The zero-order valence-corrected chi connectivity index (χ0v) is 9.95. The Morgan fingerprint density at radius 3 is 2.62 bits per heavy atom. The number of carbonyl (C=O) groups is 1. The summed E-state index contributed by atoms with van der Waals surface area (Å²) in [5, 5.41) is 11.6. The molecule has 16 heavy (non-hydrogen) atoms. The van der Waals surface area contributed by atoms with Gasteiger partial charge in [0.25, 0.3) is 0 Å². The number of hydrogen-bond donors (Lipinski definition) is 1. The molecule has 1 fully saturated rings. The molecular weight excluding hydrogens is 206 g/mol. The largest absolute Gasteiger partial charge is 0.464 e. The maximum atomic E-state index is 11.1. The lowest BCUT2D eigenvalue weighted by Gasteiger charge is -2.21. The summed E-state index contributed by atoms with van der Waals surface area (Å²) in [4.78, 5) is 11.1. The highest BCUT2D eigenvalue weighted by Gasteiger charge is 2.16. The zero-order chi connectivity index (χ0) is 11.8. The molecule has 1 aliphatic rings. The Hall–Kier alpha value is -1.06. The van der Waals surface area contributed by atoms with Gasteiger partial charge in [-0.05, 0) is 12.3 Å². The molecule has 92 valence electrons. The highest BCUT2D eigenvalue weighted by molar-refractivity contribution is 6.36. The molecule has 0 atom stereocenters. The van der Waals surface area contributed by atoms with Gasteiger partial charge in [-0.3, -0.25) is 0 Å². The van der Waals surface area contributed by atoms with Gasteiger partial charge in [0.2, 0.25) is 0 Å². The van der Waals surface area contributed by atoms with Gasteiger partial charge in [-0.1, -0.05) is 43.7 Å². The van der Waals surface area contributed by atoms with Gasteiger partial charge >= 0.3 is 5.97 Å². The van der Waals surface area contributed by atoms with Crippen LogP contribution in [0.2, 0.25) is 0 Å². The summed E-state index contributed by atoms with van der Waals surface area (Å²) in [6, 6.07) is 0. The van der Waals surface area contributed by atoms with Crippen molar-refractivity contribution in [1.82, 2.24) is 0 Å². The molecule has 0 aromatic heterocycles. The quantitative estimate of drug-likeness (QED) is 0.340. The third-order valence-electron chi connectivity index (χ3n) is 3.29. The van der Waals surface area contributed by atoms with Gasteiger partial charge in [-0.25, -0.2) is 4.79 Å². The number of hydrogen-bond acceptors (Lipinski definition) is 4. The fraction of sp³-hybridized carbons (Fsp3) is 0.833. The lowest BCUT2D eigenvalue weighted by Crippen LogP contribution is -2.16. The second-order valence-electron chi connectivity index (χ2n) is 4.43. The van der Waals surface area contributed by atoms with Crippen molar-refractivity contribution < 1.29 is 14.7 Å². The van der Waals surface area contributed by atoms with E-state index in [1.807, 2.05) is 0 Å². The molecule has 0 unspecified atom stereocenters. The van der Waals surface area contributed by atoms with Crippen LogP contribution in [-0.2, 0) is 9.53 Å². The lowest BCUT2D eigenvalue weighted by atomic mass is 9.85. The fourth-order valence-corrected chi connectivity index (χ4v) is 2.34. The molecule has 4 nitrogen and oxygen atoms in total. The minimum Gasteiger partial charge on any atom is -0.464 e. The normalized spacial score (nSPS) is 18.4. The van der Waals surface area contributed by atoms with E-state index >= 15 is 0 Å². The Kier molecular flexibility index (Phi) is 5.90. The smallest absolute Gasteiger partial charge is 0.355 e. The number of oxime groups is 1. The molecule has 1 rings (SSSR count). The van der Waals surface area contributed by atoms with Crippen LogP contribution < -0.4 is 0 Å². The first-order valence-electron chi connectivity index (χ1n) is 6.07. The minimum atomic E-state index is -0.522. The van der Waals surface area contributed by atoms with E-state index in [0.29, 0.717) is 6.42 Å². The van der Waals surface area contributed by atoms with Crippen molar-refractivity contribution in [1.29, 1.82) is 0 Å². The van der Waals surface area contributed by atoms with Crippen molar-refractivity contribution in [3.8, 4) is 0 Å². The predicted molar refractivity (Wildman–Crippen MR) is 61.7 cm³/mol. The van der Waals surface area contributed by atoms with E-state index in [-0.39, 0.29) is 5.71 Å². The molecule has 1 saturated carbocycles. The van der Waals surface area contributed by atoms with Crippen LogP contribution in [0, 0.1) is 5.92 Å². The molecule has 0 aromatic rings. The molecule has 1 N–H and O–H groups in total. The van der Waals surface area contributed by atoms with Gasteiger partial charge in [-0.15, -0.1) is 0 Å². The molecular formula is C12H21NO3. The Morgan fingerprint density at radius 2 is 2.06 bits per heavy atom. The van der Waals surface area contributed by atoms with Crippen LogP contribution in [0.15, 0.2) is 5.16 Å². The molecule has 0 aromatic carbocycles. The van der Waals surface area contributed by atoms with Crippen molar-refractivity contribution in [2.45, 2.75) is 51.4 Å². The van der Waals surface area contributed by atoms with Crippen LogP contribution >= 0.6 is 0 Å². The fourth-order valence-electron chi connectivity index (χ4n) is 2.34. The summed E-state index contributed by atoms with van der Waals surface area (Å²) in [7, 11) is 1.30. The molecule has 0 radical (unpaired) electrons. The van der Waals surface area contributed by atoms with Gasteiger partial charge in [0.1, 0.15) is 0 Å². The van der Waals surface area contributed by atoms with Gasteiger partial charge in [-0.2, -0.15) is 0 Å². The van der Waals surface area contributed by atoms with E-state index in [2.05, 4.69) is 9.89 Å². The summed E-state index contributed by atoms with van der Waals surface area (Å²) in [6.45, 7) is 0. The van der Waals surface area contributed by atoms with E-state index in [1.165, 1.54) is 39.2 Å². The molecule has 0 aliphatic heterocycles. The summed E-state index contributed by atoms with van der Waals surface area (Å²) in [5.41, 5.74) is 0.137. The van der Waals surface area contributed by atoms with Crippen molar-refractivity contribution in [3.63, 3.8) is 0 Å². The Morgan fingerprint density at radius 1 is 1.38 bits per heavy atom. The highest BCUT2D eigenvalue weighted by Crippen LogP contribution is 2.27. The van der Waals surface area contributed by atoms with Crippen molar-refractivity contribution in [2.75, 3.05) is 7.11 Å². The first-order valence-corrected chi connectivity index (χ1v) is 6.07. The summed E-state index contributed by atoms with van der Waals surface area (Å²) >= 11 is 0. The number of methoxy groups -OCH3 is 1. The maximum absolute atomic E-state index is 11.1. The Labute approximate surface area is 96.7 Å². The molecule has 0 amide bonds. The van der Waals surface area contributed by atoms with Crippen LogP contribution in [0.5, 0.6) is 0 Å². The highest BCUT2D eigenvalue weighted by atomic mass is 16.5. The first-order chi connectivity index (χ1) is 7.77. The molecule has 0 bridgehead atoms. The van der Waals surface area contributed by atoms with Gasteiger partial charge in [0.05, 0.1) is 7.11 Å². The average Bonchev–Trinajstić information content (AvgIpc) is 2.35. The number of esters is 1. The second-order valence-corrected chi connectivity index (χ2v) is 4.43. The number of rotatable bonds is 5. The van der Waals surface area contributed by atoms with Crippen molar-refractivity contribution in [3.05, 3.63) is 0 Å². The summed E-state index contributed by atoms with van der Waals surface area (Å²) in [6.07, 6.45) is 9.19. The van der Waals surface area contributed by atoms with Crippen LogP contribution in [0.3, 0.4) is 0 Å². The van der Waals surface area contributed by atoms with E-state index in [1.54, 1.807) is 0 Å². The first kappa shape index (κ1) is 13.0. The third-order valence-corrected chi connectivity index (χ3v) is 3.29. The Balaban J connectivity index is 2.20. The van der Waals surface area contributed by atoms with Crippen molar-refractivity contribution >= 4 is 11.7 Å². The Bertz CT molecular complexity index is 245. The zero-order valence-electron chi connectivity index (χ0n) is 9.95.